The van der Waals surface area contributed by atoms with Crippen LogP contribution in [0.1, 0.15) is 12.0 Å². The van der Waals surface area contributed by atoms with Crippen molar-refractivity contribution in [2.45, 2.75) is 12.8 Å². The van der Waals surface area contributed by atoms with Crippen LogP contribution in [0.5, 0.6) is 11.5 Å². The first-order chi connectivity index (χ1) is 8.71. The highest BCUT2D eigenvalue weighted by Crippen LogP contribution is 2.27. The summed E-state index contributed by atoms with van der Waals surface area (Å²) in [4.78, 5) is 11.6. The van der Waals surface area contributed by atoms with Crippen molar-refractivity contribution in [3.63, 3.8) is 0 Å². The van der Waals surface area contributed by atoms with Gasteiger partial charge in [-0.25, -0.2) is 0 Å². The predicted molar refractivity (Wildman–Crippen MR) is 68.0 cm³/mol. The van der Waals surface area contributed by atoms with Crippen molar-refractivity contribution in [1.29, 1.82) is 0 Å². The summed E-state index contributed by atoms with van der Waals surface area (Å²) in [6.45, 7) is 0.569. The molecule has 1 amide bonds. The van der Waals surface area contributed by atoms with Crippen molar-refractivity contribution in [1.82, 2.24) is 5.32 Å². The molecular formula is C13H19NO4. The Kier molecular flexibility index (Phi) is 6.00. The van der Waals surface area contributed by atoms with Gasteiger partial charge in [0, 0.05) is 13.2 Å². The molecule has 0 radical (unpaired) electrons. The molecule has 1 aromatic carbocycles. The van der Waals surface area contributed by atoms with Crippen LogP contribution in [0.15, 0.2) is 18.2 Å². The van der Waals surface area contributed by atoms with Gasteiger partial charge in [-0.3, -0.25) is 4.79 Å². The normalized spacial score (nSPS) is 9.94. The molecule has 0 saturated carbocycles. The minimum atomic E-state index is -0.0735. The molecule has 0 unspecified atom stereocenters. The number of methoxy groups -OCH3 is 2. The van der Waals surface area contributed by atoms with E-state index in [-0.39, 0.29) is 18.9 Å². The lowest BCUT2D eigenvalue weighted by atomic mass is 10.1. The summed E-state index contributed by atoms with van der Waals surface area (Å²) in [5.41, 5.74) is 0.856. The van der Waals surface area contributed by atoms with Crippen LogP contribution >= 0.6 is 0 Å². The van der Waals surface area contributed by atoms with E-state index in [0.717, 1.165) is 5.56 Å². The Morgan fingerprint density at radius 3 is 2.61 bits per heavy atom. The summed E-state index contributed by atoms with van der Waals surface area (Å²) in [7, 11) is 3.13. The lowest BCUT2D eigenvalue weighted by Gasteiger charge is -2.09. The third kappa shape index (κ3) is 4.25. The van der Waals surface area contributed by atoms with Gasteiger partial charge in [-0.1, -0.05) is 6.07 Å². The molecule has 0 aliphatic heterocycles. The second-order valence-corrected chi connectivity index (χ2v) is 3.79. The fraction of sp³-hybridized carbons (Fsp3) is 0.462. The number of hydrogen-bond donors (Lipinski definition) is 2. The molecule has 0 aliphatic carbocycles. The highest BCUT2D eigenvalue weighted by molar-refractivity contribution is 5.78. The van der Waals surface area contributed by atoms with Crippen LogP contribution in [-0.4, -0.2) is 38.4 Å². The molecule has 0 bridgehead atoms. The van der Waals surface area contributed by atoms with E-state index in [1.807, 2.05) is 6.07 Å². The average molecular weight is 253 g/mol. The summed E-state index contributed by atoms with van der Waals surface area (Å²) in [6.07, 6.45) is 0.851. The Hall–Kier alpha value is -1.75. The second-order valence-electron chi connectivity index (χ2n) is 3.79. The van der Waals surface area contributed by atoms with Crippen LogP contribution in [0.2, 0.25) is 0 Å². The van der Waals surface area contributed by atoms with Gasteiger partial charge in [0.15, 0.2) is 11.5 Å². The summed E-state index contributed by atoms with van der Waals surface area (Å²) < 4.78 is 10.3. The first kappa shape index (κ1) is 14.3. The maximum absolute atomic E-state index is 11.6. The minimum absolute atomic E-state index is 0.0735. The molecule has 0 atom stereocenters. The van der Waals surface area contributed by atoms with Gasteiger partial charge in [0.2, 0.25) is 5.91 Å². The van der Waals surface area contributed by atoms with Gasteiger partial charge in [0.05, 0.1) is 20.6 Å². The zero-order chi connectivity index (χ0) is 13.4. The topological polar surface area (TPSA) is 67.8 Å². The van der Waals surface area contributed by atoms with Gasteiger partial charge in [0.25, 0.3) is 0 Å². The lowest BCUT2D eigenvalue weighted by molar-refractivity contribution is -0.120. The fourth-order valence-electron chi connectivity index (χ4n) is 1.55. The van der Waals surface area contributed by atoms with Gasteiger partial charge in [-0.15, -0.1) is 0 Å². The van der Waals surface area contributed by atoms with Gasteiger partial charge < -0.3 is 19.9 Å². The molecule has 0 aromatic heterocycles. The van der Waals surface area contributed by atoms with Crippen molar-refractivity contribution in [2.75, 3.05) is 27.4 Å². The van der Waals surface area contributed by atoms with Crippen LogP contribution < -0.4 is 14.8 Å². The smallest absolute Gasteiger partial charge is 0.224 e. The molecule has 1 aromatic rings. The molecule has 5 nitrogen and oxygen atoms in total. The number of amides is 1. The Labute approximate surface area is 107 Å². The average Bonchev–Trinajstić information content (AvgIpc) is 2.39. The monoisotopic (exact) mass is 253 g/mol. The van der Waals surface area contributed by atoms with Crippen LogP contribution in [-0.2, 0) is 11.2 Å². The first-order valence-electron chi connectivity index (χ1n) is 5.79. The fourth-order valence-corrected chi connectivity index (χ4v) is 1.55. The van der Waals surface area contributed by atoms with Crippen LogP contribution in [0.4, 0.5) is 0 Å². The van der Waals surface area contributed by atoms with E-state index in [0.29, 0.717) is 24.5 Å². The number of aliphatic hydroxyl groups is 1. The zero-order valence-electron chi connectivity index (χ0n) is 10.7. The molecule has 0 heterocycles. The van der Waals surface area contributed by atoms with E-state index in [9.17, 15) is 4.79 Å². The van der Waals surface area contributed by atoms with Crippen molar-refractivity contribution in [2.24, 2.45) is 0 Å². The largest absolute Gasteiger partial charge is 0.493 e. The number of nitrogens with one attached hydrogen (secondary N) is 1. The Balaban J connectivity index is 2.59. The van der Waals surface area contributed by atoms with Crippen LogP contribution in [0.3, 0.4) is 0 Å². The molecule has 0 saturated heterocycles. The Morgan fingerprint density at radius 2 is 2.00 bits per heavy atom. The Morgan fingerprint density at radius 1 is 1.28 bits per heavy atom. The van der Waals surface area contributed by atoms with E-state index in [4.69, 9.17) is 14.6 Å². The lowest BCUT2D eigenvalue weighted by Crippen LogP contribution is -2.26. The quantitative estimate of drug-likeness (QED) is 0.703. The Bertz CT molecular complexity index is 393. The first-order valence-corrected chi connectivity index (χ1v) is 5.79. The number of aliphatic hydroxyl groups excluding tert-OH is 1. The van der Waals surface area contributed by atoms with Gasteiger partial charge in [-0.2, -0.15) is 0 Å². The summed E-state index contributed by atoms with van der Waals surface area (Å²) >= 11 is 0. The number of ether oxygens (including phenoxy) is 2. The number of rotatable bonds is 7. The maximum atomic E-state index is 11.6. The predicted octanol–water partition coefficient (Wildman–Crippen LogP) is 0.745. The molecule has 100 valence electrons. The number of benzene rings is 1. The van der Waals surface area contributed by atoms with E-state index in [2.05, 4.69) is 5.32 Å². The standard InChI is InChI=1S/C13H19NO4/c1-17-11-5-4-10(8-12(11)18-2)9-13(16)14-6-3-7-15/h4-5,8,15H,3,6-7,9H2,1-2H3,(H,14,16). The SMILES string of the molecule is COc1ccc(CC(=O)NCCCO)cc1OC. The third-order valence-electron chi connectivity index (χ3n) is 2.47. The molecule has 0 fully saturated rings. The highest BCUT2D eigenvalue weighted by Gasteiger charge is 2.07. The zero-order valence-corrected chi connectivity index (χ0v) is 10.7. The number of carbonyl (C=O) groups excluding carboxylic acids is 1. The molecule has 1 rings (SSSR count). The van der Waals surface area contributed by atoms with Crippen molar-refractivity contribution < 1.29 is 19.4 Å². The molecule has 0 aliphatic rings. The molecular weight excluding hydrogens is 234 g/mol. The van der Waals surface area contributed by atoms with Crippen molar-refractivity contribution in [3.8, 4) is 11.5 Å². The van der Waals surface area contributed by atoms with Gasteiger partial charge >= 0.3 is 0 Å². The van der Waals surface area contributed by atoms with E-state index in [1.54, 1.807) is 26.4 Å². The van der Waals surface area contributed by atoms with E-state index < -0.39 is 0 Å². The summed E-state index contributed by atoms with van der Waals surface area (Å²) in [5, 5.41) is 11.3. The second kappa shape index (κ2) is 7.55. The highest BCUT2D eigenvalue weighted by atomic mass is 16.5. The van der Waals surface area contributed by atoms with Crippen molar-refractivity contribution >= 4 is 5.91 Å². The van der Waals surface area contributed by atoms with Gasteiger partial charge in [-0.05, 0) is 24.1 Å². The number of carbonyl (C=O) groups is 1. The van der Waals surface area contributed by atoms with Crippen LogP contribution in [0.25, 0.3) is 0 Å². The summed E-state index contributed by atoms with van der Waals surface area (Å²) in [6, 6.07) is 5.38. The molecule has 0 spiro atoms. The summed E-state index contributed by atoms with van der Waals surface area (Å²) in [5.74, 6) is 1.18. The van der Waals surface area contributed by atoms with Crippen molar-refractivity contribution in [3.05, 3.63) is 23.8 Å². The third-order valence-corrected chi connectivity index (χ3v) is 2.47. The molecule has 18 heavy (non-hydrogen) atoms. The minimum Gasteiger partial charge on any atom is -0.493 e. The maximum Gasteiger partial charge on any atom is 0.224 e. The molecule has 5 heteroatoms. The molecule has 2 N–H and O–H groups in total. The van der Waals surface area contributed by atoms with Gasteiger partial charge in [0.1, 0.15) is 0 Å². The van der Waals surface area contributed by atoms with Crippen LogP contribution in [0, 0.1) is 0 Å². The van der Waals surface area contributed by atoms with E-state index in [1.165, 1.54) is 0 Å². The number of hydrogen-bond acceptors (Lipinski definition) is 4. The van der Waals surface area contributed by atoms with E-state index >= 15 is 0 Å².